The van der Waals surface area contributed by atoms with Gasteiger partial charge in [0.15, 0.2) is 16.6 Å². The van der Waals surface area contributed by atoms with E-state index in [1.165, 1.54) is 7.11 Å². The fraction of sp³-hybridized carbons (Fsp3) is 0.250. The van der Waals surface area contributed by atoms with Gasteiger partial charge in [-0.25, -0.2) is 8.42 Å². The number of hydrogen-bond acceptors (Lipinski definition) is 5. The molecule has 0 N–H and O–H groups in total. The van der Waals surface area contributed by atoms with Crippen LogP contribution in [0, 0.1) is 0 Å². The molecule has 1 rings (SSSR count). The van der Waals surface area contributed by atoms with E-state index in [1.807, 2.05) is 0 Å². The Morgan fingerprint density at radius 3 is 2.71 bits per heavy atom. The number of ether oxygens (including phenoxy) is 1. The molecule has 0 saturated carbocycles. The molecule has 0 saturated heterocycles. The highest BCUT2D eigenvalue weighted by molar-refractivity contribution is 7.72. The third-order valence-corrected chi connectivity index (χ3v) is 1.80. The third kappa shape index (κ3) is 3.14. The first-order chi connectivity index (χ1) is 6.74. The topological polar surface area (TPSA) is 68.1 Å². The SMILES string of the molecule is COc1ccccc1N=NC[SH](=O)=O. The Hall–Kier alpha value is -1.43. The van der Waals surface area contributed by atoms with Crippen molar-refractivity contribution in [1.29, 1.82) is 0 Å². The lowest BCUT2D eigenvalue weighted by molar-refractivity contribution is 0.416. The molecule has 0 amide bonds. The molecule has 0 atom stereocenters. The zero-order chi connectivity index (χ0) is 10.4. The van der Waals surface area contributed by atoms with E-state index in [4.69, 9.17) is 4.74 Å². The van der Waals surface area contributed by atoms with Crippen LogP contribution < -0.4 is 4.74 Å². The number of hydrogen-bond donors (Lipinski definition) is 1. The van der Waals surface area contributed by atoms with E-state index in [0.29, 0.717) is 11.4 Å². The van der Waals surface area contributed by atoms with Gasteiger partial charge in [-0.1, -0.05) is 12.1 Å². The van der Waals surface area contributed by atoms with Gasteiger partial charge in [0, 0.05) is 0 Å². The lowest BCUT2D eigenvalue weighted by Crippen LogP contribution is -1.83. The van der Waals surface area contributed by atoms with E-state index in [-0.39, 0.29) is 5.88 Å². The van der Waals surface area contributed by atoms with Crippen LogP contribution in [-0.2, 0) is 10.7 Å². The second-order valence-corrected chi connectivity index (χ2v) is 3.34. The summed E-state index contributed by atoms with van der Waals surface area (Å²) in [5.41, 5.74) is 0.520. The fourth-order valence-electron chi connectivity index (χ4n) is 0.872. The Bertz CT molecular complexity index is 393. The number of nitrogens with zero attached hydrogens (tertiary/aromatic N) is 2. The molecular weight excluding hydrogens is 204 g/mol. The number of para-hydroxylation sites is 1. The van der Waals surface area contributed by atoms with Crippen LogP contribution >= 0.6 is 0 Å². The quantitative estimate of drug-likeness (QED) is 0.607. The van der Waals surface area contributed by atoms with Crippen LogP contribution in [0.4, 0.5) is 5.69 Å². The highest BCUT2D eigenvalue weighted by Gasteiger charge is 1.98. The van der Waals surface area contributed by atoms with Crippen LogP contribution in [0.15, 0.2) is 34.5 Å². The molecule has 1 aromatic carbocycles. The predicted octanol–water partition coefficient (Wildman–Crippen LogP) is 1.35. The number of benzene rings is 1. The van der Waals surface area contributed by atoms with E-state index in [9.17, 15) is 8.42 Å². The van der Waals surface area contributed by atoms with Gasteiger partial charge in [-0.15, -0.1) is 0 Å². The molecule has 0 aliphatic heterocycles. The van der Waals surface area contributed by atoms with Crippen molar-refractivity contribution in [3.8, 4) is 5.75 Å². The first-order valence-corrected chi connectivity index (χ1v) is 5.22. The zero-order valence-electron chi connectivity index (χ0n) is 7.58. The van der Waals surface area contributed by atoms with Crippen molar-refractivity contribution in [2.45, 2.75) is 0 Å². The average Bonchev–Trinajstić information content (AvgIpc) is 2.18. The smallest absolute Gasteiger partial charge is 0.162 e. The van der Waals surface area contributed by atoms with Gasteiger partial charge in [-0.3, -0.25) is 0 Å². The zero-order valence-corrected chi connectivity index (χ0v) is 8.48. The normalized spacial score (nSPS) is 11.0. The molecule has 5 nitrogen and oxygen atoms in total. The molecule has 0 aromatic heterocycles. The standard InChI is InChI=1S/C8H10N2O3S/c1-13-8-5-3-2-4-7(8)10-9-6-14(11)12/h2-5,14H,6H2,1H3. The maximum atomic E-state index is 10.2. The Labute approximate surface area is 83.4 Å². The molecule has 0 unspecified atom stereocenters. The van der Waals surface area contributed by atoms with Crippen molar-refractivity contribution >= 4 is 16.4 Å². The molecule has 0 aliphatic carbocycles. The summed E-state index contributed by atoms with van der Waals surface area (Å²) in [5, 5.41) is 7.23. The minimum atomic E-state index is -2.51. The molecule has 0 spiro atoms. The Balaban J connectivity index is 2.79. The van der Waals surface area contributed by atoms with Crippen LogP contribution in [0.25, 0.3) is 0 Å². The number of thiol groups is 1. The summed E-state index contributed by atoms with van der Waals surface area (Å²) in [6.07, 6.45) is 0. The van der Waals surface area contributed by atoms with E-state index in [1.54, 1.807) is 24.3 Å². The number of rotatable bonds is 4. The van der Waals surface area contributed by atoms with Gasteiger partial charge in [0.1, 0.15) is 11.4 Å². The first-order valence-electron chi connectivity index (χ1n) is 3.86. The van der Waals surface area contributed by atoms with Crippen molar-refractivity contribution in [3.05, 3.63) is 24.3 Å². The Kier molecular flexibility index (Phi) is 4.06. The third-order valence-electron chi connectivity index (χ3n) is 1.44. The van der Waals surface area contributed by atoms with Gasteiger partial charge in [0.25, 0.3) is 0 Å². The van der Waals surface area contributed by atoms with Crippen LogP contribution in [0.5, 0.6) is 5.75 Å². The Morgan fingerprint density at radius 2 is 2.07 bits per heavy atom. The minimum absolute atomic E-state index is 0.298. The van der Waals surface area contributed by atoms with E-state index < -0.39 is 10.7 Å². The number of methoxy groups -OCH3 is 1. The van der Waals surface area contributed by atoms with Crippen LogP contribution in [0.2, 0.25) is 0 Å². The summed E-state index contributed by atoms with van der Waals surface area (Å²) in [5.74, 6) is 0.269. The van der Waals surface area contributed by atoms with Gasteiger partial charge >= 0.3 is 0 Å². The fourth-order valence-corrected chi connectivity index (χ4v) is 1.04. The minimum Gasteiger partial charge on any atom is -0.494 e. The van der Waals surface area contributed by atoms with Gasteiger partial charge in [-0.2, -0.15) is 10.2 Å². The Morgan fingerprint density at radius 1 is 1.36 bits per heavy atom. The monoisotopic (exact) mass is 214 g/mol. The molecule has 1 aromatic rings. The van der Waals surface area contributed by atoms with Crippen molar-refractivity contribution in [1.82, 2.24) is 0 Å². The lowest BCUT2D eigenvalue weighted by atomic mass is 10.3. The summed E-state index contributed by atoms with van der Waals surface area (Å²) in [7, 11) is -0.996. The van der Waals surface area contributed by atoms with E-state index in [0.717, 1.165) is 0 Å². The van der Waals surface area contributed by atoms with E-state index in [2.05, 4.69) is 10.2 Å². The summed E-state index contributed by atoms with van der Waals surface area (Å²) in [6, 6.07) is 6.99. The molecule has 0 bridgehead atoms. The second-order valence-electron chi connectivity index (χ2n) is 2.39. The van der Waals surface area contributed by atoms with Crippen LogP contribution in [0.3, 0.4) is 0 Å². The lowest BCUT2D eigenvalue weighted by Gasteiger charge is -2.00. The van der Waals surface area contributed by atoms with Crippen molar-refractivity contribution in [3.63, 3.8) is 0 Å². The van der Waals surface area contributed by atoms with Gasteiger partial charge in [0.05, 0.1) is 7.11 Å². The van der Waals surface area contributed by atoms with E-state index >= 15 is 0 Å². The molecule has 0 aliphatic rings. The summed E-state index contributed by atoms with van der Waals surface area (Å²) < 4.78 is 25.4. The highest BCUT2D eigenvalue weighted by Crippen LogP contribution is 2.26. The molecule has 0 heterocycles. The maximum Gasteiger partial charge on any atom is 0.162 e. The second kappa shape index (κ2) is 5.33. The highest BCUT2D eigenvalue weighted by atomic mass is 32.2. The average molecular weight is 214 g/mol. The van der Waals surface area contributed by atoms with Crippen LogP contribution in [-0.4, -0.2) is 21.4 Å². The summed E-state index contributed by atoms with van der Waals surface area (Å²) in [4.78, 5) is 0. The van der Waals surface area contributed by atoms with Crippen LogP contribution in [0.1, 0.15) is 0 Å². The predicted molar refractivity (Wildman–Crippen MR) is 52.7 cm³/mol. The van der Waals surface area contributed by atoms with Crippen molar-refractivity contribution < 1.29 is 13.2 Å². The van der Waals surface area contributed by atoms with Gasteiger partial charge in [-0.05, 0) is 12.1 Å². The molecule has 76 valence electrons. The summed E-state index contributed by atoms with van der Waals surface area (Å²) in [6.45, 7) is 0. The van der Waals surface area contributed by atoms with Gasteiger partial charge < -0.3 is 4.74 Å². The van der Waals surface area contributed by atoms with Crippen molar-refractivity contribution in [2.24, 2.45) is 10.2 Å². The first kappa shape index (κ1) is 10.6. The van der Waals surface area contributed by atoms with Crippen molar-refractivity contribution in [2.75, 3.05) is 13.0 Å². The van der Waals surface area contributed by atoms with Gasteiger partial charge in [0.2, 0.25) is 0 Å². The molecule has 0 radical (unpaired) electrons. The largest absolute Gasteiger partial charge is 0.494 e. The summed E-state index contributed by atoms with van der Waals surface area (Å²) >= 11 is 0. The molecule has 14 heavy (non-hydrogen) atoms. The molecule has 6 heteroatoms. The molecular formula is C8H10N2O3S. The maximum absolute atomic E-state index is 10.2. The number of azo groups is 1. The molecule has 0 fully saturated rings.